The number of aromatic hydroxyl groups is 1. The molecule has 0 bridgehead atoms. The Kier molecular flexibility index (Phi) is 6.76. The van der Waals surface area contributed by atoms with Gasteiger partial charge in [-0.15, -0.1) is 10.1 Å². The number of carbonyl (C=O) groups is 1. The van der Waals surface area contributed by atoms with Crippen LogP contribution in [-0.4, -0.2) is 71.8 Å². The van der Waals surface area contributed by atoms with Gasteiger partial charge in [-0.2, -0.15) is 0 Å². The van der Waals surface area contributed by atoms with Gasteiger partial charge in [0, 0.05) is 32.7 Å². The van der Waals surface area contributed by atoms with Gasteiger partial charge in [0.05, 0.1) is 13.2 Å². The number of hydrogen-bond acceptors (Lipinski definition) is 8. The maximum atomic E-state index is 11.9. The zero-order valence-electron chi connectivity index (χ0n) is 13.3. The van der Waals surface area contributed by atoms with E-state index in [1.54, 1.807) is 0 Å². The number of nitrogens with zero attached hydrogens (tertiary/aromatic N) is 3. The third-order valence-electron chi connectivity index (χ3n) is 3.70. The van der Waals surface area contributed by atoms with Crippen LogP contribution in [0.2, 0.25) is 0 Å². The van der Waals surface area contributed by atoms with Gasteiger partial charge in [0.25, 0.3) is 5.09 Å². The lowest BCUT2D eigenvalue weighted by Crippen LogP contribution is -2.48. The number of benzene rings is 1. The molecule has 1 N–H and O–H groups in total. The molecule has 0 amide bonds. The van der Waals surface area contributed by atoms with Crippen LogP contribution in [0.4, 0.5) is 0 Å². The van der Waals surface area contributed by atoms with E-state index >= 15 is 0 Å². The highest BCUT2D eigenvalue weighted by molar-refractivity contribution is 5.74. The molecule has 2 rings (SSSR count). The summed E-state index contributed by atoms with van der Waals surface area (Å²) in [5.74, 6) is 0.185. The summed E-state index contributed by atoms with van der Waals surface area (Å²) in [6, 6.07) is 6.00. The highest BCUT2D eigenvalue weighted by Crippen LogP contribution is 2.16. The smallest absolute Gasteiger partial charge is 0.325 e. The highest BCUT2D eigenvalue weighted by Gasteiger charge is 2.19. The summed E-state index contributed by atoms with van der Waals surface area (Å²) in [7, 11) is 0. The van der Waals surface area contributed by atoms with Crippen LogP contribution < -0.4 is 4.74 Å². The van der Waals surface area contributed by atoms with Crippen molar-refractivity contribution in [1.29, 1.82) is 0 Å². The van der Waals surface area contributed by atoms with Crippen LogP contribution >= 0.6 is 0 Å². The van der Waals surface area contributed by atoms with Crippen LogP contribution in [0.25, 0.3) is 0 Å². The molecule has 1 aliphatic rings. The molecule has 0 aliphatic carbocycles. The van der Waals surface area contributed by atoms with E-state index in [0.717, 1.165) is 32.7 Å². The Morgan fingerprint density at radius 3 is 2.42 bits per heavy atom. The van der Waals surface area contributed by atoms with Crippen LogP contribution in [0.5, 0.6) is 11.5 Å². The molecule has 1 aromatic rings. The number of phenolic OH excluding ortho intramolecular Hbond substituents is 1. The van der Waals surface area contributed by atoms with E-state index in [9.17, 15) is 20.0 Å². The number of rotatable bonds is 8. The highest BCUT2D eigenvalue weighted by atomic mass is 16.9. The summed E-state index contributed by atoms with van der Waals surface area (Å²) in [4.78, 5) is 30.4. The second-order valence-corrected chi connectivity index (χ2v) is 5.50. The van der Waals surface area contributed by atoms with Crippen LogP contribution in [-0.2, 0) is 9.63 Å². The second kappa shape index (κ2) is 9.04. The minimum absolute atomic E-state index is 0.103. The van der Waals surface area contributed by atoms with Crippen molar-refractivity contribution in [3.63, 3.8) is 0 Å². The van der Waals surface area contributed by atoms with Crippen molar-refractivity contribution in [2.75, 3.05) is 45.9 Å². The van der Waals surface area contributed by atoms with Crippen molar-refractivity contribution in [3.8, 4) is 11.5 Å². The molecule has 0 radical (unpaired) electrons. The lowest BCUT2D eigenvalue weighted by molar-refractivity contribution is -0.757. The molecule has 1 heterocycles. The molecule has 0 aromatic heterocycles. The number of esters is 1. The molecular weight excluding hydrogens is 318 g/mol. The standard InChI is InChI=1S/C15H21N3O6/c19-13-2-4-14(5-3-13)24-15(20)12-17-9-7-16(8-10-17)6-1-11-23-18(21)22/h2-5,19H,1,6-12H2. The average Bonchev–Trinajstić information content (AvgIpc) is 2.55. The van der Waals surface area contributed by atoms with Crippen molar-refractivity contribution in [2.24, 2.45) is 0 Å². The van der Waals surface area contributed by atoms with Gasteiger partial charge in [-0.25, -0.2) is 0 Å². The van der Waals surface area contributed by atoms with Crippen LogP contribution in [0, 0.1) is 10.1 Å². The Balaban J connectivity index is 1.62. The molecule has 9 heteroatoms. The molecule has 1 fully saturated rings. The normalized spacial score (nSPS) is 15.8. The van der Waals surface area contributed by atoms with Crippen LogP contribution in [0.3, 0.4) is 0 Å². The molecular formula is C15H21N3O6. The summed E-state index contributed by atoms with van der Waals surface area (Å²) in [6.45, 7) is 4.11. The predicted octanol–water partition coefficient (Wildman–Crippen LogP) is 0.514. The molecule has 9 nitrogen and oxygen atoms in total. The van der Waals surface area contributed by atoms with Gasteiger partial charge >= 0.3 is 5.97 Å². The van der Waals surface area contributed by atoms with E-state index in [-0.39, 0.29) is 24.9 Å². The minimum atomic E-state index is -0.780. The molecule has 0 saturated carbocycles. The number of hydrogen-bond donors (Lipinski definition) is 1. The second-order valence-electron chi connectivity index (χ2n) is 5.50. The first-order chi connectivity index (χ1) is 11.5. The Labute approximate surface area is 139 Å². The quantitative estimate of drug-likeness (QED) is 0.240. The largest absolute Gasteiger partial charge is 0.508 e. The minimum Gasteiger partial charge on any atom is -0.508 e. The molecule has 0 spiro atoms. The van der Waals surface area contributed by atoms with Gasteiger partial charge < -0.3 is 19.6 Å². The average molecular weight is 339 g/mol. The monoisotopic (exact) mass is 339 g/mol. The molecule has 1 aliphatic heterocycles. The fourth-order valence-electron chi connectivity index (χ4n) is 2.46. The first-order valence-electron chi connectivity index (χ1n) is 7.74. The molecule has 24 heavy (non-hydrogen) atoms. The molecule has 1 saturated heterocycles. The van der Waals surface area contributed by atoms with Crippen molar-refractivity contribution in [2.45, 2.75) is 6.42 Å². The predicted molar refractivity (Wildman–Crippen MR) is 84.2 cm³/mol. The summed E-state index contributed by atoms with van der Waals surface area (Å²) in [5, 5.41) is 18.5. The van der Waals surface area contributed by atoms with E-state index in [0.29, 0.717) is 12.2 Å². The van der Waals surface area contributed by atoms with Gasteiger partial charge in [0.1, 0.15) is 11.5 Å². The third-order valence-corrected chi connectivity index (χ3v) is 3.70. The summed E-state index contributed by atoms with van der Waals surface area (Å²) in [5.41, 5.74) is 0. The van der Waals surface area contributed by atoms with Gasteiger partial charge in [-0.1, -0.05) is 0 Å². The molecule has 0 atom stereocenters. The lowest BCUT2D eigenvalue weighted by Gasteiger charge is -2.33. The number of ether oxygens (including phenoxy) is 1. The maximum Gasteiger partial charge on any atom is 0.325 e. The lowest BCUT2D eigenvalue weighted by atomic mass is 10.3. The Morgan fingerprint density at radius 1 is 1.17 bits per heavy atom. The van der Waals surface area contributed by atoms with Gasteiger partial charge in [0.2, 0.25) is 0 Å². The molecule has 132 valence electrons. The zero-order chi connectivity index (χ0) is 17.4. The molecule has 1 aromatic carbocycles. The van der Waals surface area contributed by atoms with Gasteiger partial charge in [0.15, 0.2) is 0 Å². The Hall–Kier alpha value is -2.39. The van der Waals surface area contributed by atoms with Crippen LogP contribution in [0.1, 0.15) is 6.42 Å². The van der Waals surface area contributed by atoms with E-state index in [4.69, 9.17) is 4.74 Å². The van der Waals surface area contributed by atoms with Crippen LogP contribution in [0.15, 0.2) is 24.3 Å². The van der Waals surface area contributed by atoms with Crippen molar-refractivity contribution in [3.05, 3.63) is 34.4 Å². The van der Waals surface area contributed by atoms with E-state index in [2.05, 4.69) is 9.74 Å². The van der Waals surface area contributed by atoms with Crippen molar-refractivity contribution >= 4 is 5.97 Å². The summed E-state index contributed by atoms with van der Waals surface area (Å²) in [6.07, 6.45) is 0.601. The maximum absolute atomic E-state index is 11.9. The Morgan fingerprint density at radius 2 is 1.79 bits per heavy atom. The first-order valence-corrected chi connectivity index (χ1v) is 7.74. The number of carbonyl (C=O) groups excluding carboxylic acids is 1. The Bertz CT molecular complexity index is 543. The van der Waals surface area contributed by atoms with Crippen molar-refractivity contribution in [1.82, 2.24) is 9.80 Å². The SMILES string of the molecule is O=C(CN1CCN(CCCO[N+](=O)[O-])CC1)Oc1ccc(O)cc1. The zero-order valence-corrected chi connectivity index (χ0v) is 13.3. The first kappa shape index (κ1) is 18.0. The van der Waals surface area contributed by atoms with E-state index < -0.39 is 5.09 Å². The van der Waals surface area contributed by atoms with Gasteiger partial charge in [-0.05, 0) is 30.7 Å². The fourth-order valence-corrected chi connectivity index (χ4v) is 2.46. The fraction of sp³-hybridized carbons (Fsp3) is 0.533. The van der Waals surface area contributed by atoms with E-state index in [1.807, 2.05) is 4.90 Å². The summed E-state index contributed by atoms with van der Waals surface area (Å²) >= 11 is 0. The number of phenols is 1. The number of piperazine rings is 1. The van der Waals surface area contributed by atoms with E-state index in [1.165, 1.54) is 24.3 Å². The third kappa shape index (κ3) is 6.39. The molecule has 0 unspecified atom stereocenters. The topological polar surface area (TPSA) is 105 Å². The summed E-state index contributed by atoms with van der Waals surface area (Å²) < 4.78 is 5.22. The van der Waals surface area contributed by atoms with Crippen molar-refractivity contribution < 1.29 is 24.6 Å². The van der Waals surface area contributed by atoms with Gasteiger partial charge in [-0.3, -0.25) is 9.69 Å².